The van der Waals surface area contributed by atoms with Crippen molar-refractivity contribution in [2.45, 2.75) is 69.3 Å². The van der Waals surface area contributed by atoms with Gasteiger partial charge in [-0.2, -0.15) is 0 Å². The summed E-state index contributed by atoms with van der Waals surface area (Å²) in [5.74, 6) is -0.461. The van der Waals surface area contributed by atoms with E-state index in [1.54, 1.807) is 7.11 Å². The second-order valence-electron chi connectivity index (χ2n) is 9.05. The van der Waals surface area contributed by atoms with Crippen LogP contribution in [0.4, 0.5) is 0 Å². The third-order valence-electron chi connectivity index (χ3n) is 6.46. The van der Waals surface area contributed by atoms with Crippen LogP contribution in [0, 0.1) is 0 Å². The molecule has 2 aromatic rings. The van der Waals surface area contributed by atoms with Gasteiger partial charge in [0.25, 0.3) is 0 Å². The van der Waals surface area contributed by atoms with Gasteiger partial charge in [0.15, 0.2) is 18.7 Å². The average molecular weight is 501 g/mol. The Morgan fingerprint density at radius 1 is 0.806 bits per heavy atom. The summed E-state index contributed by atoms with van der Waals surface area (Å²) in [6.07, 6.45) is -3.98. The molecule has 9 nitrogen and oxygen atoms in total. The molecule has 0 radical (unpaired) electrons. The van der Waals surface area contributed by atoms with Crippen LogP contribution >= 0.6 is 0 Å². The minimum Gasteiger partial charge on any atom is -0.454 e. The standard InChI is InChI=1S/C27H32O9/c1-17(28)34-24-22(30-13-18-9-5-3-6-10-18)20(29-2)15-33-27(24)35-21-16-32-26(25-23(21)36-25)31-14-19-11-7-4-8-12-19/h3-12,20-27H,13-16H2,1-2H3. The maximum Gasteiger partial charge on any atom is 0.303 e. The number of rotatable bonds is 10. The van der Waals surface area contributed by atoms with Crippen molar-refractivity contribution in [3.05, 3.63) is 71.8 Å². The number of carbonyl (C=O) groups is 1. The molecular weight excluding hydrogens is 468 g/mol. The van der Waals surface area contributed by atoms with Crippen LogP contribution in [0.15, 0.2) is 60.7 Å². The monoisotopic (exact) mass is 500 g/mol. The largest absolute Gasteiger partial charge is 0.454 e. The summed E-state index contributed by atoms with van der Waals surface area (Å²) in [6, 6.07) is 19.7. The van der Waals surface area contributed by atoms with Crippen LogP contribution in [0.1, 0.15) is 18.1 Å². The van der Waals surface area contributed by atoms with Crippen molar-refractivity contribution in [1.82, 2.24) is 0 Å². The number of hydrogen-bond acceptors (Lipinski definition) is 9. The summed E-state index contributed by atoms with van der Waals surface area (Å²) < 4.78 is 47.2. The smallest absolute Gasteiger partial charge is 0.303 e. The van der Waals surface area contributed by atoms with Gasteiger partial charge in [0.2, 0.25) is 0 Å². The van der Waals surface area contributed by atoms with Gasteiger partial charge in [0, 0.05) is 14.0 Å². The van der Waals surface area contributed by atoms with Gasteiger partial charge in [-0.25, -0.2) is 0 Å². The van der Waals surface area contributed by atoms with Gasteiger partial charge < -0.3 is 37.9 Å². The molecule has 2 aromatic carbocycles. The second-order valence-corrected chi connectivity index (χ2v) is 9.05. The van der Waals surface area contributed by atoms with E-state index >= 15 is 0 Å². The Hall–Kier alpha value is -2.37. The molecule has 9 heteroatoms. The predicted octanol–water partition coefficient (Wildman–Crippen LogP) is 2.60. The fourth-order valence-corrected chi connectivity index (χ4v) is 4.57. The Morgan fingerprint density at radius 2 is 1.42 bits per heavy atom. The molecular formula is C27H32O9. The SMILES string of the molecule is COC1COC(OC2COC(OCc3ccccc3)C3OC23)C(OC(C)=O)C1OCc1ccccc1. The van der Waals surface area contributed by atoms with Crippen LogP contribution in [-0.4, -0.2) is 75.5 Å². The summed E-state index contributed by atoms with van der Waals surface area (Å²) in [4.78, 5) is 12.0. The zero-order valence-corrected chi connectivity index (χ0v) is 20.4. The highest BCUT2D eigenvalue weighted by Crippen LogP contribution is 2.38. The fourth-order valence-electron chi connectivity index (χ4n) is 4.57. The molecule has 5 rings (SSSR count). The van der Waals surface area contributed by atoms with Crippen molar-refractivity contribution in [2.24, 2.45) is 0 Å². The number of methoxy groups -OCH3 is 1. The normalized spacial score (nSPS) is 33.5. The molecule has 0 amide bonds. The molecule has 194 valence electrons. The topological polar surface area (TPSA) is 94.2 Å². The minimum atomic E-state index is -0.860. The van der Waals surface area contributed by atoms with Gasteiger partial charge in [-0.05, 0) is 11.1 Å². The number of ether oxygens (including phenoxy) is 8. The Kier molecular flexibility index (Phi) is 8.28. The van der Waals surface area contributed by atoms with E-state index in [9.17, 15) is 4.79 Å². The highest BCUT2D eigenvalue weighted by atomic mass is 16.8. The third kappa shape index (κ3) is 6.12. The highest BCUT2D eigenvalue weighted by Gasteiger charge is 2.57. The maximum absolute atomic E-state index is 12.0. The molecule has 3 heterocycles. The quantitative estimate of drug-likeness (QED) is 0.360. The first-order valence-corrected chi connectivity index (χ1v) is 12.2. The Morgan fingerprint density at radius 3 is 2.06 bits per heavy atom. The summed E-state index contributed by atoms with van der Waals surface area (Å²) >= 11 is 0. The van der Waals surface area contributed by atoms with Crippen molar-refractivity contribution in [3.8, 4) is 0 Å². The van der Waals surface area contributed by atoms with E-state index in [0.717, 1.165) is 11.1 Å². The second kappa shape index (κ2) is 11.8. The first-order chi connectivity index (χ1) is 17.6. The average Bonchev–Trinajstić information content (AvgIpc) is 3.71. The molecule has 36 heavy (non-hydrogen) atoms. The van der Waals surface area contributed by atoms with E-state index in [0.29, 0.717) is 13.2 Å². The molecule has 3 saturated heterocycles. The molecule has 3 aliphatic heterocycles. The van der Waals surface area contributed by atoms with Crippen molar-refractivity contribution in [3.63, 3.8) is 0 Å². The van der Waals surface area contributed by atoms with Gasteiger partial charge >= 0.3 is 5.97 Å². The number of benzene rings is 2. The minimum absolute atomic E-state index is 0.190. The fraction of sp³-hybridized carbons (Fsp3) is 0.519. The van der Waals surface area contributed by atoms with E-state index in [4.69, 9.17) is 37.9 Å². The first-order valence-electron chi connectivity index (χ1n) is 12.2. The Bertz CT molecular complexity index is 972. The van der Waals surface area contributed by atoms with Crippen LogP contribution in [0.5, 0.6) is 0 Å². The van der Waals surface area contributed by atoms with Crippen molar-refractivity contribution in [1.29, 1.82) is 0 Å². The molecule has 8 atom stereocenters. The lowest BCUT2D eigenvalue weighted by atomic mass is 10.0. The lowest BCUT2D eigenvalue weighted by molar-refractivity contribution is -0.306. The van der Waals surface area contributed by atoms with Gasteiger partial charge in [-0.3, -0.25) is 4.79 Å². The number of fused-ring (bicyclic) bond motifs is 1. The molecule has 0 aromatic heterocycles. The lowest BCUT2D eigenvalue weighted by Crippen LogP contribution is -2.58. The van der Waals surface area contributed by atoms with Gasteiger partial charge in [-0.15, -0.1) is 0 Å². The van der Waals surface area contributed by atoms with Crippen LogP contribution in [0.25, 0.3) is 0 Å². The van der Waals surface area contributed by atoms with Crippen LogP contribution < -0.4 is 0 Å². The van der Waals surface area contributed by atoms with Gasteiger partial charge in [-0.1, -0.05) is 60.7 Å². The molecule has 3 aliphatic rings. The summed E-state index contributed by atoms with van der Waals surface area (Å²) in [6.45, 7) is 2.60. The van der Waals surface area contributed by atoms with E-state index in [1.165, 1.54) is 6.92 Å². The number of hydrogen-bond donors (Lipinski definition) is 0. The van der Waals surface area contributed by atoms with Crippen molar-refractivity contribution < 1.29 is 42.7 Å². The summed E-state index contributed by atoms with van der Waals surface area (Å²) in [5.41, 5.74) is 2.06. The van der Waals surface area contributed by atoms with Crippen LogP contribution in [0.2, 0.25) is 0 Å². The number of epoxide rings is 1. The van der Waals surface area contributed by atoms with Crippen molar-refractivity contribution >= 4 is 5.97 Å². The lowest BCUT2D eigenvalue weighted by Gasteiger charge is -2.42. The summed E-state index contributed by atoms with van der Waals surface area (Å²) in [5, 5.41) is 0. The number of carbonyl (C=O) groups excluding carboxylic acids is 1. The van der Waals surface area contributed by atoms with E-state index in [1.807, 2.05) is 60.7 Å². The van der Waals surface area contributed by atoms with E-state index < -0.39 is 43.0 Å². The zero-order valence-electron chi connectivity index (χ0n) is 20.4. The van der Waals surface area contributed by atoms with Crippen LogP contribution in [0.3, 0.4) is 0 Å². The van der Waals surface area contributed by atoms with Gasteiger partial charge in [0.1, 0.15) is 30.5 Å². The highest BCUT2D eigenvalue weighted by molar-refractivity contribution is 5.66. The van der Waals surface area contributed by atoms with Crippen molar-refractivity contribution in [2.75, 3.05) is 20.3 Å². The molecule has 0 N–H and O–H groups in total. The first kappa shape index (κ1) is 25.3. The molecule has 0 saturated carbocycles. The number of esters is 1. The zero-order chi connectivity index (χ0) is 24.9. The van der Waals surface area contributed by atoms with Crippen LogP contribution in [-0.2, 0) is 55.9 Å². The Labute approximate surface area is 210 Å². The van der Waals surface area contributed by atoms with E-state index in [2.05, 4.69) is 0 Å². The maximum atomic E-state index is 12.0. The molecule has 8 unspecified atom stereocenters. The Balaban J connectivity index is 1.20. The predicted molar refractivity (Wildman–Crippen MR) is 126 cm³/mol. The molecule has 0 spiro atoms. The molecule has 0 bridgehead atoms. The summed E-state index contributed by atoms with van der Waals surface area (Å²) in [7, 11) is 1.58. The molecule has 0 aliphatic carbocycles. The third-order valence-corrected chi connectivity index (χ3v) is 6.46. The molecule has 3 fully saturated rings. The van der Waals surface area contributed by atoms with E-state index in [-0.39, 0.29) is 25.4 Å². The van der Waals surface area contributed by atoms with Gasteiger partial charge in [0.05, 0.1) is 26.4 Å².